The number of aliphatic hydroxyl groups is 1. The van der Waals surface area contributed by atoms with Crippen molar-refractivity contribution in [1.29, 1.82) is 0 Å². The lowest BCUT2D eigenvalue weighted by molar-refractivity contribution is 0.110. The standard InChI is InChI=1S/C14H16O4S/c15-11-14(9-5-2-6-10-14)12-18-19(16,17)13-7-3-1-4-8-13/h1-9,15H,10-12H2. The largest absolute Gasteiger partial charge is 0.395 e. The second kappa shape index (κ2) is 5.69. The Balaban J connectivity index is 2.10. The summed E-state index contributed by atoms with van der Waals surface area (Å²) in [5, 5.41) is 9.45. The molecule has 0 aliphatic heterocycles. The lowest BCUT2D eigenvalue weighted by Crippen LogP contribution is -2.30. The van der Waals surface area contributed by atoms with Gasteiger partial charge in [-0.05, 0) is 18.6 Å². The first-order chi connectivity index (χ1) is 9.08. The molecule has 19 heavy (non-hydrogen) atoms. The highest BCUT2D eigenvalue weighted by Crippen LogP contribution is 2.29. The maximum atomic E-state index is 12.0. The third-order valence-corrected chi connectivity index (χ3v) is 4.35. The van der Waals surface area contributed by atoms with E-state index in [0.29, 0.717) is 6.42 Å². The first kappa shape index (κ1) is 14.0. The Bertz CT molecular complexity index is 575. The van der Waals surface area contributed by atoms with Crippen LogP contribution in [0, 0.1) is 5.41 Å². The SMILES string of the molecule is O=S(=O)(OCC1(CO)C=CC=CC1)c1ccccc1. The Hall–Kier alpha value is -1.43. The van der Waals surface area contributed by atoms with Crippen molar-refractivity contribution in [2.24, 2.45) is 5.41 Å². The Morgan fingerprint density at radius 3 is 2.53 bits per heavy atom. The second-order valence-electron chi connectivity index (χ2n) is 4.54. The average Bonchev–Trinajstić information content (AvgIpc) is 2.47. The van der Waals surface area contributed by atoms with Gasteiger partial charge < -0.3 is 5.11 Å². The zero-order valence-electron chi connectivity index (χ0n) is 10.4. The highest BCUT2D eigenvalue weighted by atomic mass is 32.2. The van der Waals surface area contributed by atoms with Gasteiger partial charge >= 0.3 is 0 Å². The molecule has 1 N–H and O–H groups in total. The minimum atomic E-state index is -3.78. The van der Waals surface area contributed by atoms with Crippen molar-refractivity contribution in [3.8, 4) is 0 Å². The molecule has 0 heterocycles. The molecule has 2 rings (SSSR count). The number of benzene rings is 1. The molecule has 1 aliphatic carbocycles. The van der Waals surface area contributed by atoms with Crippen LogP contribution in [-0.2, 0) is 14.3 Å². The van der Waals surface area contributed by atoms with E-state index in [2.05, 4.69) is 0 Å². The van der Waals surface area contributed by atoms with Gasteiger partial charge in [0.2, 0.25) is 0 Å². The fourth-order valence-corrected chi connectivity index (χ4v) is 2.85. The van der Waals surface area contributed by atoms with Crippen LogP contribution in [0.1, 0.15) is 6.42 Å². The molecule has 0 saturated carbocycles. The maximum absolute atomic E-state index is 12.0. The lowest BCUT2D eigenvalue weighted by atomic mass is 9.83. The molecule has 0 aromatic heterocycles. The van der Waals surface area contributed by atoms with Crippen LogP contribution < -0.4 is 0 Å². The van der Waals surface area contributed by atoms with E-state index >= 15 is 0 Å². The molecule has 0 amide bonds. The lowest BCUT2D eigenvalue weighted by Gasteiger charge is -2.28. The van der Waals surface area contributed by atoms with Crippen LogP contribution in [0.25, 0.3) is 0 Å². The minimum absolute atomic E-state index is 0.0679. The summed E-state index contributed by atoms with van der Waals surface area (Å²) in [4.78, 5) is 0.124. The van der Waals surface area contributed by atoms with Gasteiger partial charge in [0.15, 0.2) is 0 Å². The van der Waals surface area contributed by atoms with E-state index in [1.54, 1.807) is 30.4 Å². The Morgan fingerprint density at radius 1 is 1.21 bits per heavy atom. The van der Waals surface area contributed by atoms with Crippen LogP contribution in [0.4, 0.5) is 0 Å². The fraction of sp³-hybridized carbons (Fsp3) is 0.286. The van der Waals surface area contributed by atoms with Crippen LogP contribution in [0.3, 0.4) is 0 Å². The molecule has 102 valence electrons. The van der Waals surface area contributed by atoms with Crippen LogP contribution in [0.15, 0.2) is 59.5 Å². The van der Waals surface area contributed by atoms with Crippen molar-refractivity contribution in [3.63, 3.8) is 0 Å². The van der Waals surface area contributed by atoms with Crippen molar-refractivity contribution >= 4 is 10.1 Å². The van der Waals surface area contributed by atoms with E-state index in [1.807, 2.05) is 12.2 Å². The Morgan fingerprint density at radius 2 is 1.95 bits per heavy atom. The van der Waals surface area contributed by atoms with Crippen molar-refractivity contribution in [1.82, 2.24) is 0 Å². The molecule has 0 spiro atoms. The summed E-state index contributed by atoms with van der Waals surface area (Å²) < 4.78 is 29.1. The average molecular weight is 280 g/mol. The number of allylic oxidation sites excluding steroid dienone is 3. The molecular weight excluding hydrogens is 264 g/mol. The van der Waals surface area contributed by atoms with E-state index in [0.717, 1.165) is 0 Å². The normalized spacial score (nSPS) is 22.6. The Kier molecular flexibility index (Phi) is 4.19. The van der Waals surface area contributed by atoms with Gasteiger partial charge in [-0.25, -0.2) is 0 Å². The van der Waals surface area contributed by atoms with Crippen molar-refractivity contribution in [2.45, 2.75) is 11.3 Å². The van der Waals surface area contributed by atoms with E-state index in [4.69, 9.17) is 4.18 Å². The molecule has 0 fully saturated rings. The summed E-state index contributed by atoms with van der Waals surface area (Å²) >= 11 is 0. The third kappa shape index (κ3) is 3.32. The predicted molar refractivity (Wildman–Crippen MR) is 72.0 cm³/mol. The van der Waals surface area contributed by atoms with Crippen molar-refractivity contribution in [3.05, 3.63) is 54.6 Å². The zero-order valence-corrected chi connectivity index (χ0v) is 11.2. The number of hydrogen-bond donors (Lipinski definition) is 1. The highest BCUT2D eigenvalue weighted by Gasteiger charge is 2.29. The van der Waals surface area contributed by atoms with Gasteiger partial charge in [0, 0.05) is 5.41 Å². The smallest absolute Gasteiger partial charge is 0.297 e. The summed E-state index contributed by atoms with van der Waals surface area (Å²) in [7, 11) is -3.78. The first-order valence-corrected chi connectivity index (χ1v) is 7.39. The van der Waals surface area contributed by atoms with E-state index < -0.39 is 15.5 Å². The molecule has 4 nitrogen and oxygen atoms in total. The van der Waals surface area contributed by atoms with Gasteiger partial charge in [-0.1, -0.05) is 42.5 Å². The third-order valence-electron chi connectivity index (χ3n) is 3.07. The fourth-order valence-electron chi connectivity index (χ4n) is 1.83. The molecule has 1 aromatic carbocycles. The molecule has 0 saturated heterocycles. The van der Waals surface area contributed by atoms with Gasteiger partial charge in [0.1, 0.15) is 0 Å². The summed E-state index contributed by atoms with van der Waals surface area (Å²) in [6, 6.07) is 7.99. The second-order valence-corrected chi connectivity index (χ2v) is 6.16. The molecule has 1 aromatic rings. The number of hydrogen-bond acceptors (Lipinski definition) is 4. The van der Waals surface area contributed by atoms with Gasteiger partial charge in [-0.15, -0.1) is 0 Å². The van der Waals surface area contributed by atoms with Crippen LogP contribution in [0.2, 0.25) is 0 Å². The number of rotatable bonds is 5. The van der Waals surface area contributed by atoms with Crippen LogP contribution in [-0.4, -0.2) is 26.7 Å². The van der Waals surface area contributed by atoms with Gasteiger partial charge in [-0.2, -0.15) is 8.42 Å². The minimum Gasteiger partial charge on any atom is -0.395 e. The molecule has 1 unspecified atom stereocenters. The Labute approximate surface area is 113 Å². The van der Waals surface area contributed by atoms with Crippen molar-refractivity contribution in [2.75, 3.05) is 13.2 Å². The van der Waals surface area contributed by atoms with Gasteiger partial charge in [-0.3, -0.25) is 4.18 Å². The van der Waals surface area contributed by atoms with E-state index in [-0.39, 0.29) is 18.1 Å². The van der Waals surface area contributed by atoms with E-state index in [9.17, 15) is 13.5 Å². The first-order valence-electron chi connectivity index (χ1n) is 5.98. The predicted octanol–water partition coefficient (Wildman–Crippen LogP) is 1.89. The molecule has 5 heteroatoms. The van der Waals surface area contributed by atoms with Crippen molar-refractivity contribution < 1.29 is 17.7 Å². The monoisotopic (exact) mass is 280 g/mol. The molecule has 0 radical (unpaired) electrons. The molecule has 0 bridgehead atoms. The topological polar surface area (TPSA) is 63.6 Å². The zero-order chi connectivity index (χ0) is 13.8. The van der Waals surface area contributed by atoms with Crippen LogP contribution in [0.5, 0.6) is 0 Å². The molecular formula is C14H16O4S. The summed E-state index contributed by atoms with van der Waals surface area (Å²) in [5.41, 5.74) is -0.656. The number of aliphatic hydroxyl groups excluding tert-OH is 1. The highest BCUT2D eigenvalue weighted by molar-refractivity contribution is 7.86. The van der Waals surface area contributed by atoms with Gasteiger partial charge in [0.05, 0.1) is 18.1 Å². The summed E-state index contributed by atoms with van der Waals surface area (Å²) in [6.07, 6.45) is 7.88. The molecule has 1 atom stereocenters. The summed E-state index contributed by atoms with van der Waals surface area (Å²) in [5.74, 6) is 0. The quantitative estimate of drug-likeness (QED) is 0.837. The van der Waals surface area contributed by atoms with Crippen LogP contribution >= 0.6 is 0 Å². The molecule has 1 aliphatic rings. The summed E-state index contributed by atoms with van der Waals surface area (Å²) in [6.45, 7) is -0.223. The van der Waals surface area contributed by atoms with Gasteiger partial charge in [0.25, 0.3) is 10.1 Å². The van der Waals surface area contributed by atoms with E-state index in [1.165, 1.54) is 12.1 Å². The maximum Gasteiger partial charge on any atom is 0.297 e.